The second-order valence-electron chi connectivity index (χ2n) is 2.35. The number of nitrogens with two attached hydrogens (primary N) is 1. The normalized spacial score (nSPS) is 8.50. The molecule has 0 aliphatic rings. The summed E-state index contributed by atoms with van der Waals surface area (Å²) in [6, 6.07) is 1.89. The summed E-state index contributed by atoms with van der Waals surface area (Å²) in [5, 5.41) is 0. The van der Waals surface area contributed by atoms with Crippen molar-refractivity contribution in [2.45, 2.75) is 6.42 Å². The van der Waals surface area contributed by atoms with Crippen LogP contribution < -0.4 is 10.5 Å². The highest BCUT2D eigenvalue weighted by atomic mass is 79.9. The second-order valence-corrected chi connectivity index (χ2v) is 3.20. The summed E-state index contributed by atoms with van der Waals surface area (Å²) in [6.07, 6.45) is 2.51. The molecule has 0 aliphatic heterocycles. The zero-order chi connectivity index (χ0) is 8.97. The molecule has 0 unspecified atom stereocenters. The third kappa shape index (κ3) is 4.46. The van der Waals surface area contributed by atoms with Gasteiger partial charge >= 0.3 is 0 Å². The molecule has 0 bridgehead atoms. The van der Waals surface area contributed by atoms with Gasteiger partial charge in [0, 0.05) is 24.4 Å². The first-order valence-corrected chi connectivity index (χ1v) is 4.45. The van der Waals surface area contributed by atoms with Crippen LogP contribution in [0.1, 0.15) is 5.69 Å². The fraction of sp³-hybridized carbons (Fsp3) is 0.375. The zero-order valence-electron chi connectivity index (χ0n) is 7.70. The first-order chi connectivity index (χ1) is 5.77. The molecule has 0 radical (unpaired) electrons. The van der Waals surface area contributed by atoms with E-state index >= 15 is 0 Å². The maximum Gasteiger partial charge on any atom is 0.136 e. The summed E-state index contributed by atoms with van der Waals surface area (Å²) < 4.78 is 5.97. The van der Waals surface area contributed by atoms with E-state index in [1.54, 1.807) is 13.3 Å². The topological polar surface area (TPSA) is 48.1 Å². The Morgan fingerprint density at radius 2 is 2.14 bits per heavy atom. The highest BCUT2D eigenvalue weighted by Crippen LogP contribution is 2.23. The van der Waals surface area contributed by atoms with E-state index in [0.29, 0.717) is 6.54 Å². The van der Waals surface area contributed by atoms with Crippen molar-refractivity contribution in [3.63, 3.8) is 0 Å². The molecule has 0 amide bonds. The maximum absolute atomic E-state index is 5.40. The van der Waals surface area contributed by atoms with Gasteiger partial charge < -0.3 is 10.5 Å². The summed E-state index contributed by atoms with van der Waals surface area (Å²) in [6.45, 7) is 0.609. The number of halogens is 3. The lowest BCUT2D eigenvalue weighted by Gasteiger charge is -2.04. The van der Waals surface area contributed by atoms with Gasteiger partial charge in [0.1, 0.15) is 5.75 Å². The summed E-state index contributed by atoms with van der Waals surface area (Å²) >= 11 is 3.32. The van der Waals surface area contributed by atoms with E-state index in [-0.39, 0.29) is 24.8 Å². The lowest BCUT2D eigenvalue weighted by Crippen LogP contribution is -2.04. The Morgan fingerprint density at radius 3 is 2.64 bits per heavy atom. The molecule has 82 valence electrons. The van der Waals surface area contributed by atoms with Crippen molar-refractivity contribution in [3.8, 4) is 5.75 Å². The Hall–Kier alpha value is -0.0300. The molecule has 0 saturated heterocycles. The lowest BCUT2D eigenvalue weighted by molar-refractivity contribution is 0.411. The third-order valence-electron chi connectivity index (χ3n) is 1.50. The molecule has 14 heavy (non-hydrogen) atoms. The average molecular weight is 304 g/mol. The van der Waals surface area contributed by atoms with Crippen LogP contribution in [0.25, 0.3) is 0 Å². The van der Waals surface area contributed by atoms with Crippen molar-refractivity contribution in [3.05, 3.63) is 22.4 Å². The Morgan fingerprint density at radius 1 is 1.50 bits per heavy atom. The van der Waals surface area contributed by atoms with Crippen LogP contribution in [0.3, 0.4) is 0 Å². The smallest absolute Gasteiger partial charge is 0.136 e. The van der Waals surface area contributed by atoms with Crippen molar-refractivity contribution >= 4 is 40.7 Å². The minimum absolute atomic E-state index is 0. The number of ether oxygens (including phenoxy) is 1. The Bertz CT molecular complexity index is 274. The lowest BCUT2D eigenvalue weighted by atomic mass is 10.2. The molecule has 0 fully saturated rings. The van der Waals surface area contributed by atoms with Crippen LogP contribution >= 0.6 is 40.7 Å². The summed E-state index contributed by atoms with van der Waals surface area (Å²) in [5.74, 6) is 0.799. The molecule has 1 aromatic heterocycles. The van der Waals surface area contributed by atoms with E-state index in [9.17, 15) is 0 Å². The van der Waals surface area contributed by atoms with Gasteiger partial charge in [0.2, 0.25) is 0 Å². The standard InChI is InChI=1S/C8H11BrN2O.2ClH/c1-12-8-4-6(2-3-10)11-5-7(8)9;;/h4-5H,2-3,10H2,1H3;2*1H. The minimum Gasteiger partial charge on any atom is -0.495 e. The van der Waals surface area contributed by atoms with E-state index in [1.807, 2.05) is 6.07 Å². The van der Waals surface area contributed by atoms with E-state index in [2.05, 4.69) is 20.9 Å². The summed E-state index contributed by atoms with van der Waals surface area (Å²) in [5.41, 5.74) is 6.35. The van der Waals surface area contributed by atoms with Crippen LogP contribution in [0.4, 0.5) is 0 Å². The largest absolute Gasteiger partial charge is 0.495 e. The minimum atomic E-state index is 0. The molecule has 1 heterocycles. The van der Waals surface area contributed by atoms with Gasteiger partial charge in [-0.1, -0.05) is 0 Å². The van der Waals surface area contributed by atoms with Crippen molar-refractivity contribution < 1.29 is 4.74 Å². The van der Waals surface area contributed by atoms with Gasteiger partial charge in [0.15, 0.2) is 0 Å². The van der Waals surface area contributed by atoms with Gasteiger partial charge in [-0.3, -0.25) is 4.98 Å². The number of hydrogen-bond donors (Lipinski definition) is 1. The van der Waals surface area contributed by atoms with Crippen molar-refractivity contribution in [2.24, 2.45) is 5.73 Å². The van der Waals surface area contributed by atoms with Crippen LogP contribution in [-0.4, -0.2) is 18.6 Å². The predicted octanol–water partition coefficient (Wildman–Crippen LogP) is 2.20. The number of methoxy groups -OCH3 is 1. The van der Waals surface area contributed by atoms with Crippen molar-refractivity contribution in [1.29, 1.82) is 0 Å². The number of aromatic nitrogens is 1. The van der Waals surface area contributed by atoms with Crippen LogP contribution in [0.2, 0.25) is 0 Å². The van der Waals surface area contributed by atoms with Crippen LogP contribution in [-0.2, 0) is 6.42 Å². The van der Waals surface area contributed by atoms with Crippen molar-refractivity contribution in [1.82, 2.24) is 4.98 Å². The van der Waals surface area contributed by atoms with Gasteiger partial charge in [0.25, 0.3) is 0 Å². The molecule has 6 heteroatoms. The molecule has 0 saturated carbocycles. The van der Waals surface area contributed by atoms with Gasteiger partial charge in [-0.2, -0.15) is 0 Å². The third-order valence-corrected chi connectivity index (χ3v) is 2.09. The first kappa shape index (κ1) is 16.4. The molecule has 0 aromatic carbocycles. The zero-order valence-corrected chi connectivity index (χ0v) is 10.9. The molecular weight excluding hydrogens is 291 g/mol. The molecule has 2 N–H and O–H groups in total. The van der Waals surface area contributed by atoms with E-state index in [1.165, 1.54) is 0 Å². The van der Waals surface area contributed by atoms with Gasteiger partial charge in [-0.25, -0.2) is 0 Å². The number of rotatable bonds is 3. The quantitative estimate of drug-likeness (QED) is 0.931. The second kappa shape index (κ2) is 8.29. The molecular formula is C8H13BrCl2N2O. The SMILES string of the molecule is COc1cc(CCN)ncc1Br.Cl.Cl. The number of nitrogens with zero attached hydrogens (tertiary/aromatic N) is 1. The number of pyridine rings is 1. The Kier molecular flexibility index (Phi) is 9.72. The Labute approximate surface area is 104 Å². The highest BCUT2D eigenvalue weighted by molar-refractivity contribution is 9.10. The fourth-order valence-electron chi connectivity index (χ4n) is 0.902. The Balaban J connectivity index is 0. The molecule has 1 rings (SSSR count). The predicted molar refractivity (Wildman–Crippen MR) is 65.7 cm³/mol. The molecule has 3 nitrogen and oxygen atoms in total. The van der Waals surface area contributed by atoms with E-state index in [4.69, 9.17) is 10.5 Å². The van der Waals surface area contributed by atoms with Crippen LogP contribution in [0.5, 0.6) is 5.75 Å². The average Bonchev–Trinajstić information content (AvgIpc) is 2.09. The highest BCUT2D eigenvalue weighted by Gasteiger charge is 2.01. The van der Waals surface area contributed by atoms with Gasteiger partial charge in [-0.05, 0) is 22.5 Å². The molecule has 0 aliphatic carbocycles. The van der Waals surface area contributed by atoms with Crippen LogP contribution in [0, 0.1) is 0 Å². The maximum atomic E-state index is 5.40. The monoisotopic (exact) mass is 302 g/mol. The van der Waals surface area contributed by atoms with Crippen LogP contribution in [0.15, 0.2) is 16.7 Å². The van der Waals surface area contributed by atoms with E-state index < -0.39 is 0 Å². The summed E-state index contributed by atoms with van der Waals surface area (Å²) in [4.78, 5) is 4.17. The van der Waals surface area contributed by atoms with Crippen molar-refractivity contribution in [2.75, 3.05) is 13.7 Å². The van der Waals surface area contributed by atoms with Gasteiger partial charge in [-0.15, -0.1) is 24.8 Å². The number of hydrogen-bond acceptors (Lipinski definition) is 3. The summed E-state index contributed by atoms with van der Waals surface area (Å²) in [7, 11) is 1.63. The molecule has 1 aromatic rings. The molecule has 0 spiro atoms. The first-order valence-electron chi connectivity index (χ1n) is 3.66. The van der Waals surface area contributed by atoms with Gasteiger partial charge in [0.05, 0.1) is 11.6 Å². The molecule has 0 atom stereocenters. The fourth-order valence-corrected chi connectivity index (χ4v) is 1.28. The van der Waals surface area contributed by atoms with E-state index in [0.717, 1.165) is 22.3 Å².